The van der Waals surface area contributed by atoms with Gasteiger partial charge in [0.2, 0.25) is 0 Å². The highest BCUT2D eigenvalue weighted by molar-refractivity contribution is 6.01. The summed E-state index contributed by atoms with van der Waals surface area (Å²) in [6.07, 6.45) is 0.736. The van der Waals surface area contributed by atoms with Gasteiger partial charge in [0.15, 0.2) is 0 Å². The summed E-state index contributed by atoms with van der Waals surface area (Å²) < 4.78 is 5.86. The summed E-state index contributed by atoms with van der Waals surface area (Å²) in [6, 6.07) is 15.7. The number of benzene rings is 2. The van der Waals surface area contributed by atoms with Crippen molar-refractivity contribution in [3.05, 3.63) is 59.7 Å². The van der Waals surface area contributed by atoms with Gasteiger partial charge in [0.1, 0.15) is 11.9 Å². The van der Waals surface area contributed by atoms with Crippen LogP contribution in [0.2, 0.25) is 0 Å². The molecule has 0 aliphatic carbocycles. The van der Waals surface area contributed by atoms with E-state index in [-0.39, 0.29) is 12.1 Å². The van der Waals surface area contributed by atoms with Crippen LogP contribution in [0.15, 0.2) is 48.5 Å². The van der Waals surface area contributed by atoms with Crippen molar-refractivity contribution in [2.75, 3.05) is 18.5 Å². The number of para-hydroxylation sites is 1. The lowest BCUT2D eigenvalue weighted by molar-refractivity contribution is 0.0683. The number of carbonyl (C=O) groups excluding carboxylic acids is 1. The molecule has 2 aromatic rings. The van der Waals surface area contributed by atoms with Gasteiger partial charge in [-0.15, -0.1) is 0 Å². The molecule has 0 radical (unpaired) electrons. The van der Waals surface area contributed by atoms with Crippen LogP contribution in [0, 0.1) is 5.92 Å². The van der Waals surface area contributed by atoms with Crippen LogP contribution in [0.3, 0.4) is 0 Å². The summed E-state index contributed by atoms with van der Waals surface area (Å²) in [5.74, 6) is 1.40. The lowest BCUT2D eigenvalue weighted by Crippen LogP contribution is -2.43. The molecule has 1 atom stereocenters. The molecular formula is C21H26N2O2. The minimum absolute atomic E-state index is 0.0784. The van der Waals surface area contributed by atoms with Gasteiger partial charge in [0.05, 0.1) is 12.2 Å². The first-order chi connectivity index (χ1) is 12.1. The Morgan fingerprint density at radius 2 is 1.96 bits per heavy atom. The van der Waals surface area contributed by atoms with Crippen LogP contribution in [0.1, 0.15) is 49.3 Å². The fourth-order valence-corrected chi connectivity index (χ4v) is 3.06. The number of fused-ring (bicyclic) bond motifs is 1. The van der Waals surface area contributed by atoms with Gasteiger partial charge in [-0.3, -0.25) is 4.79 Å². The maximum atomic E-state index is 12.9. The predicted octanol–water partition coefficient (Wildman–Crippen LogP) is 4.70. The first kappa shape index (κ1) is 17.3. The van der Waals surface area contributed by atoms with Crippen molar-refractivity contribution in [2.45, 2.75) is 33.4 Å². The lowest BCUT2D eigenvalue weighted by Gasteiger charge is -2.38. The zero-order chi connectivity index (χ0) is 17.8. The second-order valence-electron chi connectivity index (χ2n) is 6.87. The minimum atomic E-state index is -0.176. The molecule has 1 heterocycles. The second-order valence-corrected chi connectivity index (χ2v) is 6.87. The minimum Gasteiger partial charge on any atom is -0.493 e. The molecule has 3 rings (SSSR count). The molecule has 0 saturated heterocycles. The van der Waals surface area contributed by atoms with Gasteiger partial charge in [-0.25, -0.2) is 0 Å². The number of hydrogen-bond donors (Lipinski definition) is 1. The molecule has 1 aliphatic rings. The second kappa shape index (κ2) is 7.60. The highest BCUT2D eigenvalue weighted by Crippen LogP contribution is 2.34. The molecule has 0 saturated carbocycles. The van der Waals surface area contributed by atoms with Crippen molar-refractivity contribution in [2.24, 2.45) is 5.92 Å². The van der Waals surface area contributed by atoms with Crippen LogP contribution in [0.5, 0.6) is 5.75 Å². The molecule has 132 valence electrons. The average Bonchev–Trinajstić information content (AvgIpc) is 2.62. The number of carbonyl (C=O) groups is 1. The molecule has 1 amide bonds. The monoisotopic (exact) mass is 338 g/mol. The van der Waals surface area contributed by atoms with Gasteiger partial charge < -0.3 is 15.0 Å². The molecule has 1 unspecified atom stereocenters. The number of nitrogens with zero attached hydrogens (tertiary/aromatic N) is 1. The Hall–Kier alpha value is -2.49. The highest BCUT2D eigenvalue weighted by atomic mass is 16.5. The maximum Gasteiger partial charge on any atom is 0.257 e. The quantitative estimate of drug-likeness (QED) is 0.830. The van der Waals surface area contributed by atoms with Gasteiger partial charge in [-0.1, -0.05) is 45.0 Å². The first-order valence-electron chi connectivity index (χ1n) is 8.99. The van der Waals surface area contributed by atoms with Gasteiger partial charge in [-0.2, -0.15) is 0 Å². The van der Waals surface area contributed by atoms with Gasteiger partial charge >= 0.3 is 0 Å². The maximum absolute atomic E-state index is 12.9. The normalized spacial score (nSPS) is 16.6. The Kier molecular flexibility index (Phi) is 5.27. The number of ether oxygens (including phenoxy) is 1. The molecule has 25 heavy (non-hydrogen) atoms. The van der Waals surface area contributed by atoms with E-state index >= 15 is 0 Å². The van der Waals surface area contributed by atoms with Gasteiger partial charge in [0.25, 0.3) is 5.91 Å². The fraction of sp³-hybridized carbons (Fsp3) is 0.381. The van der Waals surface area contributed by atoms with Crippen molar-refractivity contribution in [3.63, 3.8) is 0 Å². The summed E-state index contributed by atoms with van der Waals surface area (Å²) in [4.78, 5) is 14.9. The van der Waals surface area contributed by atoms with E-state index in [9.17, 15) is 4.79 Å². The van der Waals surface area contributed by atoms with Crippen LogP contribution in [0.4, 0.5) is 5.69 Å². The van der Waals surface area contributed by atoms with Crippen molar-refractivity contribution >= 4 is 11.6 Å². The van der Waals surface area contributed by atoms with E-state index in [1.165, 1.54) is 0 Å². The van der Waals surface area contributed by atoms with Crippen LogP contribution in [-0.4, -0.2) is 24.0 Å². The van der Waals surface area contributed by atoms with E-state index in [0.717, 1.165) is 29.0 Å². The Labute approximate surface area is 149 Å². The summed E-state index contributed by atoms with van der Waals surface area (Å²) >= 11 is 0. The van der Waals surface area contributed by atoms with Crippen molar-refractivity contribution in [1.29, 1.82) is 0 Å². The van der Waals surface area contributed by atoms with E-state index in [1.54, 1.807) is 0 Å². The average molecular weight is 338 g/mol. The Bertz CT molecular complexity index is 742. The molecule has 4 nitrogen and oxygen atoms in total. The first-order valence-corrected chi connectivity index (χ1v) is 8.99. The van der Waals surface area contributed by atoms with Crippen LogP contribution < -0.4 is 10.1 Å². The zero-order valence-electron chi connectivity index (χ0n) is 15.2. The molecule has 1 N–H and O–H groups in total. The van der Waals surface area contributed by atoms with Crippen LogP contribution >= 0.6 is 0 Å². The van der Waals surface area contributed by atoms with Gasteiger partial charge in [0, 0.05) is 12.2 Å². The third-order valence-electron chi connectivity index (χ3n) is 4.24. The number of rotatable bonds is 6. The predicted molar refractivity (Wildman–Crippen MR) is 101 cm³/mol. The summed E-state index contributed by atoms with van der Waals surface area (Å²) in [7, 11) is 0. The summed E-state index contributed by atoms with van der Waals surface area (Å²) in [5, 5.41) is 3.52. The van der Waals surface area contributed by atoms with Crippen molar-refractivity contribution in [1.82, 2.24) is 4.90 Å². The number of anilines is 1. The number of amides is 1. The lowest BCUT2D eigenvalue weighted by atomic mass is 10.0. The van der Waals surface area contributed by atoms with Crippen LogP contribution in [-0.2, 0) is 0 Å². The third-order valence-corrected chi connectivity index (χ3v) is 4.24. The molecule has 2 aromatic carbocycles. The van der Waals surface area contributed by atoms with E-state index < -0.39 is 0 Å². The van der Waals surface area contributed by atoms with E-state index in [4.69, 9.17) is 4.74 Å². The van der Waals surface area contributed by atoms with E-state index in [2.05, 4.69) is 26.1 Å². The molecule has 0 spiro atoms. The SMILES string of the molecule is CCCN1C(=O)c2ccccc2NC1c1cccc(OCC(C)C)c1. The zero-order valence-corrected chi connectivity index (χ0v) is 15.2. The van der Waals surface area contributed by atoms with E-state index in [1.807, 2.05) is 53.4 Å². The fourth-order valence-electron chi connectivity index (χ4n) is 3.06. The van der Waals surface area contributed by atoms with Crippen LogP contribution in [0.25, 0.3) is 0 Å². The number of hydrogen-bond acceptors (Lipinski definition) is 3. The topological polar surface area (TPSA) is 41.6 Å². The molecule has 1 aliphatic heterocycles. The largest absolute Gasteiger partial charge is 0.493 e. The van der Waals surface area contributed by atoms with Crippen molar-refractivity contribution in [3.8, 4) is 5.75 Å². The molecule has 0 aromatic heterocycles. The van der Waals surface area contributed by atoms with Gasteiger partial charge in [-0.05, 0) is 42.2 Å². The third kappa shape index (κ3) is 3.78. The molecular weight excluding hydrogens is 312 g/mol. The highest BCUT2D eigenvalue weighted by Gasteiger charge is 2.32. The molecule has 4 heteroatoms. The Morgan fingerprint density at radius 1 is 1.16 bits per heavy atom. The van der Waals surface area contributed by atoms with Crippen molar-refractivity contribution < 1.29 is 9.53 Å². The number of nitrogens with one attached hydrogen (secondary N) is 1. The standard InChI is InChI=1S/C21H26N2O2/c1-4-12-23-20(22-19-11-6-5-10-18(19)21(23)24)16-8-7-9-17(13-16)25-14-15(2)3/h5-11,13,15,20,22H,4,12,14H2,1-3H3. The smallest absolute Gasteiger partial charge is 0.257 e. The molecule has 0 bridgehead atoms. The Balaban J connectivity index is 1.92. The van der Waals surface area contributed by atoms with E-state index in [0.29, 0.717) is 19.1 Å². The molecule has 0 fully saturated rings. The summed E-state index contributed by atoms with van der Waals surface area (Å²) in [5.41, 5.74) is 2.66. The summed E-state index contributed by atoms with van der Waals surface area (Å²) in [6.45, 7) is 7.74. The Morgan fingerprint density at radius 3 is 2.72 bits per heavy atom.